The molecule has 0 rings (SSSR count). The van der Waals surface area contributed by atoms with Crippen LogP contribution in [-0.2, 0) is 13.8 Å². The second-order valence-electron chi connectivity index (χ2n) is 3.62. The zero-order chi connectivity index (χ0) is 16.9. The highest BCUT2D eigenvalue weighted by atomic mass is 31.2. The Morgan fingerprint density at radius 3 is 1.24 bits per heavy atom. The van der Waals surface area contributed by atoms with Gasteiger partial charge in [0.25, 0.3) is 0 Å². The average Bonchev–Trinajstić information content (AvgIpc) is 2.24. The lowest BCUT2D eigenvalue weighted by atomic mass is 10.7. The zero-order valence-electron chi connectivity index (χ0n) is 10.5. The van der Waals surface area contributed by atoms with E-state index in [1.807, 2.05) is 0 Å². The third kappa shape index (κ3) is 7.19. The predicted octanol–water partition coefficient (Wildman–Crippen LogP) is 2.62. The third-order valence-corrected chi connectivity index (χ3v) is 4.66. The van der Waals surface area contributed by atoms with Crippen molar-refractivity contribution in [2.45, 2.75) is 11.8 Å². The molecule has 0 bridgehead atoms. The molecule has 0 aromatic rings. The quantitative estimate of drug-likeness (QED) is 0.393. The van der Waals surface area contributed by atoms with Gasteiger partial charge in [-0.15, -0.1) is 0 Å². The molecule has 0 aliphatic rings. The molecule has 0 radical (unpaired) electrons. The Hall–Kier alpha value is -0.0200. The highest BCUT2D eigenvalue weighted by Gasteiger charge is 2.45. The van der Waals surface area contributed by atoms with Crippen molar-refractivity contribution >= 4 is 27.3 Å². The van der Waals surface area contributed by atoms with Crippen LogP contribution in [0.15, 0.2) is 0 Å². The van der Waals surface area contributed by atoms with Crippen molar-refractivity contribution in [1.82, 2.24) is 0 Å². The van der Waals surface area contributed by atoms with Crippen LogP contribution >= 0.6 is 14.7 Å². The van der Waals surface area contributed by atoms with Gasteiger partial charge in [0.2, 0.25) is 14.7 Å². The van der Waals surface area contributed by atoms with Crippen LogP contribution in [0.4, 0.5) is 26.3 Å². The van der Waals surface area contributed by atoms with Crippen LogP contribution in [0.5, 0.6) is 0 Å². The summed E-state index contributed by atoms with van der Waals surface area (Å²) in [7, 11) is -9.57. The summed E-state index contributed by atoms with van der Waals surface area (Å²) in [6.45, 7) is -2.18. The molecule has 0 spiro atoms. The molecule has 0 aliphatic heterocycles. The van der Waals surface area contributed by atoms with Crippen molar-refractivity contribution in [2.75, 3.05) is 26.4 Å². The smallest absolute Gasteiger partial charge is 0.377 e. The van der Waals surface area contributed by atoms with Gasteiger partial charge in [-0.3, -0.25) is 0 Å². The SMILES string of the molecule is C=P(O)(OCCOCCOP(=C)(O)C(F)(F)F)C(F)(F)F. The molecule has 0 aliphatic carbocycles. The molecular weight excluding hydrogens is 352 g/mol. The second-order valence-corrected chi connectivity index (χ2v) is 7.95. The minimum atomic E-state index is -4.99. The largest absolute Gasteiger partial charge is 0.452 e. The van der Waals surface area contributed by atoms with E-state index < -0.39 is 52.9 Å². The molecule has 0 fully saturated rings. The Labute approximate surface area is 116 Å². The van der Waals surface area contributed by atoms with Gasteiger partial charge in [0.05, 0.1) is 26.4 Å². The average molecular weight is 366 g/mol. The number of halogens is 6. The molecule has 2 N–H and O–H groups in total. The first kappa shape index (κ1) is 21.0. The number of rotatable bonds is 8. The molecule has 13 heteroatoms. The molecule has 0 amide bonds. The van der Waals surface area contributed by atoms with Gasteiger partial charge < -0.3 is 23.6 Å². The Bertz CT molecular complexity index is 382. The van der Waals surface area contributed by atoms with E-state index >= 15 is 0 Å². The highest BCUT2D eigenvalue weighted by molar-refractivity contribution is 7.64. The fourth-order valence-corrected chi connectivity index (χ4v) is 1.79. The molecule has 5 nitrogen and oxygen atoms in total. The minimum absolute atomic E-state index is 0.433. The van der Waals surface area contributed by atoms with E-state index in [9.17, 15) is 26.3 Å². The Morgan fingerprint density at radius 1 is 0.714 bits per heavy atom. The number of hydrogen-bond donors (Lipinski definition) is 2. The van der Waals surface area contributed by atoms with Gasteiger partial charge in [0.15, 0.2) is 0 Å². The van der Waals surface area contributed by atoms with E-state index in [0.717, 1.165) is 0 Å². The lowest BCUT2D eigenvalue weighted by Gasteiger charge is -2.21. The van der Waals surface area contributed by atoms with E-state index in [0.29, 0.717) is 0 Å². The molecule has 0 aromatic heterocycles. The van der Waals surface area contributed by atoms with E-state index in [2.05, 4.69) is 26.4 Å². The lowest BCUT2D eigenvalue weighted by Crippen LogP contribution is -2.16. The highest BCUT2D eigenvalue weighted by Crippen LogP contribution is 2.58. The number of hydrogen-bond acceptors (Lipinski definition) is 5. The molecule has 0 heterocycles. The molecule has 21 heavy (non-hydrogen) atoms. The molecule has 0 saturated carbocycles. The molecule has 2 atom stereocenters. The van der Waals surface area contributed by atoms with Crippen molar-refractivity contribution < 1.29 is 49.9 Å². The van der Waals surface area contributed by atoms with Crippen molar-refractivity contribution in [3.8, 4) is 0 Å². The first-order valence-electron chi connectivity index (χ1n) is 5.13. The van der Waals surface area contributed by atoms with Gasteiger partial charge in [-0.05, 0) is 12.6 Å². The van der Waals surface area contributed by atoms with Crippen LogP contribution in [0, 0.1) is 0 Å². The van der Waals surface area contributed by atoms with Gasteiger partial charge in [0, 0.05) is 0 Å². The van der Waals surface area contributed by atoms with Crippen molar-refractivity contribution in [3.63, 3.8) is 0 Å². The van der Waals surface area contributed by atoms with E-state index in [1.165, 1.54) is 0 Å². The summed E-state index contributed by atoms with van der Waals surface area (Å²) >= 11 is 0. The lowest BCUT2D eigenvalue weighted by molar-refractivity contribution is -0.0640. The normalized spacial score (nSPS) is 19.0. The maximum absolute atomic E-state index is 12.1. The van der Waals surface area contributed by atoms with Gasteiger partial charge >= 0.3 is 11.8 Å². The molecule has 0 aromatic carbocycles. The van der Waals surface area contributed by atoms with Crippen LogP contribution < -0.4 is 0 Å². The topological polar surface area (TPSA) is 68.2 Å². The fraction of sp³-hybridized carbons (Fsp3) is 0.750. The Kier molecular flexibility index (Phi) is 7.49. The minimum Gasteiger partial charge on any atom is -0.377 e. The van der Waals surface area contributed by atoms with Crippen LogP contribution in [0.25, 0.3) is 0 Å². The van der Waals surface area contributed by atoms with Gasteiger partial charge in [-0.25, -0.2) is 0 Å². The predicted molar refractivity (Wildman–Crippen MR) is 67.4 cm³/mol. The summed E-state index contributed by atoms with van der Waals surface area (Å²) in [6.07, 6.45) is 5.02. The molecular formula is C8H14F6O5P2. The first-order chi connectivity index (χ1) is 9.21. The Balaban J connectivity index is 3.86. The van der Waals surface area contributed by atoms with Crippen molar-refractivity contribution in [3.05, 3.63) is 0 Å². The van der Waals surface area contributed by atoms with Crippen LogP contribution in [0.1, 0.15) is 0 Å². The Morgan fingerprint density at radius 2 is 1.00 bits per heavy atom. The monoisotopic (exact) mass is 366 g/mol. The first-order valence-corrected chi connectivity index (χ1v) is 8.82. The zero-order valence-corrected chi connectivity index (χ0v) is 12.3. The van der Waals surface area contributed by atoms with Gasteiger partial charge in [-0.2, -0.15) is 26.3 Å². The summed E-state index contributed by atoms with van der Waals surface area (Å²) in [5, 5.41) is 0. The number of ether oxygens (including phenoxy) is 1. The number of alkyl halides is 6. The molecule has 128 valence electrons. The summed E-state index contributed by atoms with van der Waals surface area (Å²) < 4.78 is 85.6. The summed E-state index contributed by atoms with van der Waals surface area (Å²) in [5.74, 6) is -9.98. The maximum atomic E-state index is 12.1. The van der Waals surface area contributed by atoms with E-state index in [-0.39, 0.29) is 0 Å². The maximum Gasteiger partial charge on any atom is 0.452 e. The molecule has 2 unspecified atom stereocenters. The van der Waals surface area contributed by atoms with Crippen molar-refractivity contribution in [1.29, 1.82) is 0 Å². The van der Waals surface area contributed by atoms with Crippen LogP contribution in [-0.4, -0.2) is 60.6 Å². The van der Waals surface area contributed by atoms with Gasteiger partial charge in [0.1, 0.15) is 0 Å². The van der Waals surface area contributed by atoms with E-state index in [1.54, 1.807) is 0 Å². The fourth-order valence-electron chi connectivity index (χ4n) is 0.743. The third-order valence-electron chi connectivity index (χ3n) is 1.86. The van der Waals surface area contributed by atoms with Crippen LogP contribution in [0.3, 0.4) is 0 Å². The summed E-state index contributed by atoms with van der Waals surface area (Å²) in [5.41, 5.74) is 0. The van der Waals surface area contributed by atoms with Crippen molar-refractivity contribution in [2.24, 2.45) is 0 Å². The second kappa shape index (κ2) is 7.50. The van der Waals surface area contributed by atoms with Crippen LogP contribution in [0.2, 0.25) is 0 Å². The summed E-state index contributed by atoms with van der Waals surface area (Å²) in [6, 6.07) is 0. The molecule has 0 saturated heterocycles. The van der Waals surface area contributed by atoms with Gasteiger partial charge in [-0.1, -0.05) is 0 Å². The summed E-state index contributed by atoms with van der Waals surface area (Å²) in [4.78, 5) is 17.7. The van der Waals surface area contributed by atoms with E-state index in [4.69, 9.17) is 9.79 Å². The standard InChI is InChI=1S/C8H14F6O5P2/c1-20(15,7(9,10)11)18-5-3-17-4-6-19-21(2,16)8(12,13)14/h15-16H,1-6H2.